The number of halogens is 2. The second kappa shape index (κ2) is 10.6. The molecule has 1 aliphatic rings. The zero-order chi connectivity index (χ0) is 21.4. The lowest BCUT2D eigenvalue weighted by Gasteiger charge is -2.22. The van der Waals surface area contributed by atoms with Gasteiger partial charge in [-0.05, 0) is 43.8 Å². The van der Waals surface area contributed by atoms with Crippen molar-refractivity contribution in [1.82, 2.24) is 4.90 Å². The predicted octanol–water partition coefficient (Wildman–Crippen LogP) is 5.69. The summed E-state index contributed by atoms with van der Waals surface area (Å²) < 4.78 is 31.5. The number of nitrogens with zero attached hydrogens (tertiary/aromatic N) is 2. The highest BCUT2D eigenvalue weighted by atomic mass is 19.3. The summed E-state index contributed by atoms with van der Waals surface area (Å²) in [5.41, 5.74) is 1.36. The van der Waals surface area contributed by atoms with E-state index in [4.69, 9.17) is 0 Å². The van der Waals surface area contributed by atoms with Gasteiger partial charge < -0.3 is 9.64 Å². The molecule has 0 unspecified atom stereocenters. The van der Waals surface area contributed by atoms with Gasteiger partial charge in [-0.25, -0.2) is 4.99 Å². The van der Waals surface area contributed by atoms with Crippen LogP contribution in [0.2, 0.25) is 0 Å². The van der Waals surface area contributed by atoms with Crippen molar-refractivity contribution < 1.29 is 19.7 Å². The Labute approximate surface area is 174 Å². The van der Waals surface area contributed by atoms with E-state index in [2.05, 4.69) is 28.1 Å². The van der Waals surface area contributed by atoms with Crippen molar-refractivity contribution in [3.63, 3.8) is 0 Å². The van der Waals surface area contributed by atoms with Crippen LogP contribution < -0.4 is 0 Å². The van der Waals surface area contributed by atoms with E-state index in [0.717, 1.165) is 33.4 Å². The molecular formula is C23H34F2N2O2. The molecule has 0 aliphatic carbocycles. The molecule has 0 N–H and O–H groups in total. The third kappa shape index (κ3) is 7.03. The standard InChI is InChI=1S/C23H32F2N2O2.H2/c1-5-18(16-27-14-6-7-15-27)8-13-21(28)20-11-9-19(10-12-20)17(2)26-22(29-4)23(3,24)25;/h9-12,18H,2,5-8,13-16H2,1,3-4H3;1H/t18-;/m0./s1. The molecule has 4 nitrogen and oxygen atoms in total. The topological polar surface area (TPSA) is 41.9 Å². The molecule has 29 heavy (non-hydrogen) atoms. The molecule has 6 heteroatoms. The van der Waals surface area contributed by atoms with E-state index in [1.165, 1.54) is 25.9 Å². The first-order valence-corrected chi connectivity index (χ1v) is 10.3. The number of carbonyl (C=O) groups is 1. The zero-order valence-corrected chi connectivity index (χ0v) is 17.7. The summed E-state index contributed by atoms with van der Waals surface area (Å²) >= 11 is 0. The number of aliphatic imine (C=N–C) groups is 1. The number of rotatable bonds is 10. The summed E-state index contributed by atoms with van der Waals surface area (Å²) in [6.45, 7) is 10.1. The number of hydrogen-bond acceptors (Lipinski definition) is 4. The Morgan fingerprint density at radius 1 is 1.28 bits per heavy atom. The normalized spacial score (nSPS) is 16.7. The molecule has 162 valence electrons. The van der Waals surface area contributed by atoms with Crippen molar-refractivity contribution in [3.8, 4) is 0 Å². The summed E-state index contributed by atoms with van der Waals surface area (Å²) in [6.07, 6.45) is 5.02. The molecule has 0 spiro atoms. The predicted molar refractivity (Wildman–Crippen MR) is 116 cm³/mol. The summed E-state index contributed by atoms with van der Waals surface area (Å²) in [4.78, 5) is 18.8. The van der Waals surface area contributed by atoms with Crippen molar-refractivity contribution in [2.45, 2.75) is 51.9 Å². The zero-order valence-electron chi connectivity index (χ0n) is 17.7. The third-order valence-corrected chi connectivity index (χ3v) is 5.42. The lowest BCUT2D eigenvalue weighted by Crippen LogP contribution is -2.26. The lowest BCUT2D eigenvalue weighted by atomic mass is 9.95. The van der Waals surface area contributed by atoms with Gasteiger partial charge in [0.1, 0.15) is 0 Å². The number of likely N-dealkylation sites (tertiary alicyclic amines) is 1. The van der Waals surface area contributed by atoms with Gasteiger partial charge in [-0.1, -0.05) is 44.2 Å². The van der Waals surface area contributed by atoms with Gasteiger partial charge in [0.15, 0.2) is 5.78 Å². The Bertz CT molecular complexity index is 724. The molecule has 1 fully saturated rings. The van der Waals surface area contributed by atoms with Crippen LogP contribution >= 0.6 is 0 Å². The van der Waals surface area contributed by atoms with Gasteiger partial charge in [-0.15, -0.1) is 0 Å². The fourth-order valence-corrected chi connectivity index (χ4v) is 3.59. The quantitative estimate of drug-likeness (QED) is 0.284. The molecule has 0 aromatic heterocycles. The van der Waals surface area contributed by atoms with E-state index < -0.39 is 11.8 Å². The minimum atomic E-state index is -3.18. The van der Waals surface area contributed by atoms with E-state index in [0.29, 0.717) is 23.5 Å². The van der Waals surface area contributed by atoms with Gasteiger partial charge in [0.25, 0.3) is 5.90 Å². The van der Waals surface area contributed by atoms with Crippen molar-refractivity contribution in [2.75, 3.05) is 26.7 Å². The lowest BCUT2D eigenvalue weighted by molar-refractivity contribution is 0.0726. The third-order valence-electron chi connectivity index (χ3n) is 5.42. The van der Waals surface area contributed by atoms with Crippen LogP contribution in [-0.2, 0) is 4.74 Å². The molecule has 1 atom stereocenters. The SMILES string of the molecule is C=C(N=C(OC)C(C)(F)F)c1ccc(C(=O)CC[C@H](CC)CN2CCCC2)cc1.[HH]. The van der Waals surface area contributed by atoms with Gasteiger partial charge in [0, 0.05) is 26.9 Å². The Morgan fingerprint density at radius 2 is 1.86 bits per heavy atom. The molecule has 1 aliphatic heterocycles. The number of ketones is 1. The Hall–Kier alpha value is -2.08. The molecule has 0 saturated carbocycles. The van der Waals surface area contributed by atoms with Gasteiger partial charge in [0.05, 0.1) is 12.8 Å². The number of hydrogen-bond donors (Lipinski definition) is 0. The van der Waals surface area contributed by atoms with Crippen molar-refractivity contribution >= 4 is 17.4 Å². The first kappa shape index (κ1) is 23.2. The molecule has 0 bridgehead atoms. The minimum absolute atomic E-state index is 0. The van der Waals surface area contributed by atoms with Gasteiger partial charge in [-0.3, -0.25) is 4.79 Å². The molecule has 0 radical (unpaired) electrons. The largest absolute Gasteiger partial charge is 0.480 e. The molecule has 0 amide bonds. The highest BCUT2D eigenvalue weighted by Gasteiger charge is 2.31. The fourth-order valence-electron chi connectivity index (χ4n) is 3.59. The summed E-state index contributed by atoms with van der Waals surface area (Å²) in [7, 11) is 1.15. The maximum absolute atomic E-state index is 13.4. The monoisotopic (exact) mass is 408 g/mol. The van der Waals surface area contributed by atoms with E-state index in [1.807, 2.05) is 0 Å². The number of carbonyl (C=O) groups excluding carboxylic acids is 1. The number of ether oxygens (including phenoxy) is 1. The molecule has 2 rings (SSSR count). The van der Waals surface area contributed by atoms with Crippen molar-refractivity contribution in [1.29, 1.82) is 0 Å². The van der Waals surface area contributed by atoms with E-state index in [9.17, 15) is 13.6 Å². The highest BCUT2D eigenvalue weighted by Crippen LogP contribution is 2.22. The van der Waals surface area contributed by atoms with Crippen LogP contribution in [0.3, 0.4) is 0 Å². The minimum Gasteiger partial charge on any atom is -0.480 e. The molecule has 1 aromatic rings. The van der Waals surface area contributed by atoms with Gasteiger partial charge in [-0.2, -0.15) is 8.78 Å². The Kier molecular flexibility index (Phi) is 8.50. The van der Waals surface area contributed by atoms with Crippen LogP contribution in [-0.4, -0.2) is 49.2 Å². The summed E-state index contributed by atoms with van der Waals surface area (Å²) in [5, 5.41) is 0. The average molecular weight is 409 g/mol. The van der Waals surface area contributed by atoms with Crippen LogP contribution in [0.5, 0.6) is 0 Å². The van der Waals surface area contributed by atoms with E-state index >= 15 is 0 Å². The van der Waals surface area contributed by atoms with Crippen LogP contribution in [0.1, 0.15) is 63.3 Å². The maximum Gasteiger partial charge on any atom is 0.319 e. The van der Waals surface area contributed by atoms with Crippen molar-refractivity contribution in [2.24, 2.45) is 10.9 Å². The first-order valence-electron chi connectivity index (χ1n) is 10.3. The number of Topliss-reactive ketones (excluding diaryl/α,β-unsaturated/α-hetero) is 1. The molecule has 1 aromatic carbocycles. The number of alkyl halides is 2. The van der Waals surface area contributed by atoms with E-state index in [-0.39, 0.29) is 12.9 Å². The molecule has 1 heterocycles. The van der Waals surface area contributed by atoms with Gasteiger partial charge >= 0.3 is 5.92 Å². The summed E-state index contributed by atoms with van der Waals surface area (Å²) in [5.74, 6) is -3.23. The second-order valence-electron chi connectivity index (χ2n) is 7.78. The van der Waals surface area contributed by atoms with Gasteiger partial charge in [0.2, 0.25) is 0 Å². The number of methoxy groups -OCH3 is 1. The smallest absolute Gasteiger partial charge is 0.319 e. The average Bonchev–Trinajstić information content (AvgIpc) is 3.21. The molecular weight excluding hydrogens is 374 g/mol. The first-order chi connectivity index (χ1) is 13.7. The molecule has 1 saturated heterocycles. The van der Waals surface area contributed by atoms with Crippen LogP contribution in [0.25, 0.3) is 5.70 Å². The van der Waals surface area contributed by atoms with Crippen LogP contribution in [0.15, 0.2) is 35.8 Å². The van der Waals surface area contributed by atoms with Crippen LogP contribution in [0, 0.1) is 5.92 Å². The Morgan fingerprint density at radius 3 is 2.38 bits per heavy atom. The van der Waals surface area contributed by atoms with Crippen LogP contribution in [0.4, 0.5) is 8.78 Å². The summed E-state index contributed by atoms with van der Waals surface area (Å²) in [6, 6.07) is 6.77. The Balaban J connectivity index is 0.00000450. The van der Waals surface area contributed by atoms with E-state index in [1.54, 1.807) is 24.3 Å². The maximum atomic E-state index is 13.4. The number of benzene rings is 1. The fraction of sp³-hybridized carbons (Fsp3) is 0.565. The second-order valence-corrected chi connectivity index (χ2v) is 7.78. The van der Waals surface area contributed by atoms with Crippen molar-refractivity contribution in [3.05, 3.63) is 42.0 Å². The highest BCUT2D eigenvalue weighted by molar-refractivity contribution is 5.96.